The molecule has 1 unspecified atom stereocenters. The molecule has 0 bridgehead atoms. The highest BCUT2D eigenvalue weighted by Crippen LogP contribution is 2.15. The van der Waals surface area contributed by atoms with E-state index in [2.05, 4.69) is 29.1 Å². The SMILES string of the molecule is CC(C)Oc1cccc(CNC(=O)CN2CCN(C)CC2C)c1. The van der Waals surface area contributed by atoms with E-state index in [1.165, 1.54) is 0 Å². The van der Waals surface area contributed by atoms with Gasteiger partial charge in [-0.15, -0.1) is 0 Å². The zero-order valence-corrected chi connectivity index (χ0v) is 14.7. The normalized spacial score (nSPS) is 19.8. The summed E-state index contributed by atoms with van der Waals surface area (Å²) >= 11 is 0. The third kappa shape index (κ3) is 5.84. The topological polar surface area (TPSA) is 44.8 Å². The highest BCUT2D eigenvalue weighted by atomic mass is 16.5. The van der Waals surface area contributed by atoms with Crippen LogP contribution < -0.4 is 10.1 Å². The number of piperazine rings is 1. The molecule has 128 valence electrons. The standard InChI is InChI=1S/C18H29N3O2/c1-14(2)23-17-7-5-6-16(10-17)11-19-18(22)13-21-9-8-20(4)12-15(21)3/h5-7,10,14-15H,8-9,11-13H2,1-4H3,(H,19,22). The van der Waals surface area contributed by atoms with Crippen molar-refractivity contribution in [2.45, 2.75) is 39.5 Å². The molecule has 1 saturated heterocycles. The van der Waals surface area contributed by atoms with Gasteiger partial charge in [-0.2, -0.15) is 0 Å². The van der Waals surface area contributed by atoms with E-state index < -0.39 is 0 Å². The van der Waals surface area contributed by atoms with Gasteiger partial charge in [-0.05, 0) is 45.5 Å². The minimum atomic E-state index is 0.0802. The van der Waals surface area contributed by atoms with Gasteiger partial charge in [-0.1, -0.05) is 12.1 Å². The molecule has 1 heterocycles. The lowest BCUT2D eigenvalue weighted by atomic mass is 10.2. The molecule has 0 saturated carbocycles. The third-order valence-electron chi connectivity index (χ3n) is 4.07. The second-order valence-corrected chi connectivity index (χ2v) is 6.67. The van der Waals surface area contributed by atoms with Gasteiger partial charge in [-0.3, -0.25) is 9.69 Å². The van der Waals surface area contributed by atoms with Crippen molar-refractivity contribution in [3.8, 4) is 5.75 Å². The van der Waals surface area contributed by atoms with Gasteiger partial charge < -0.3 is 15.0 Å². The van der Waals surface area contributed by atoms with Crippen molar-refractivity contribution in [1.82, 2.24) is 15.1 Å². The minimum absolute atomic E-state index is 0.0802. The number of nitrogens with zero attached hydrogens (tertiary/aromatic N) is 2. The first kappa shape index (κ1) is 17.8. The fourth-order valence-corrected chi connectivity index (χ4v) is 2.85. The van der Waals surface area contributed by atoms with Gasteiger partial charge in [-0.25, -0.2) is 0 Å². The Morgan fingerprint density at radius 1 is 1.39 bits per heavy atom. The number of hydrogen-bond acceptors (Lipinski definition) is 4. The van der Waals surface area contributed by atoms with Gasteiger partial charge in [0.25, 0.3) is 0 Å². The van der Waals surface area contributed by atoms with E-state index in [0.717, 1.165) is 30.9 Å². The number of carbonyl (C=O) groups excluding carboxylic acids is 1. The summed E-state index contributed by atoms with van der Waals surface area (Å²) in [5, 5.41) is 3.01. The largest absolute Gasteiger partial charge is 0.491 e. The summed E-state index contributed by atoms with van der Waals surface area (Å²) in [6.45, 7) is 10.2. The molecule has 1 atom stereocenters. The summed E-state index contributed by atoms with van der Waals surface area (Å²) in [6.07, 6.45) is 0.151. The molecule has 2 rings (SSSR count). The van der Waals surface area contributed by atoms with Crippen molar-refractivity contribution < 1.29 is 9.53 Å². The lowest BCUT2D eigenvalue weighted by molar-refractivity contribution is -0.123. The first-order valence-corrected chi connectivity index (χ1v) is 8.39. The van der Waals surface area contributed by atoms with Gasteiger partial charge in [0, 0.05) is 32.2 Å². The quantitative estimate of drug-likeness (QED) is 0.867. The average molecular weight is 319 g/mol. The van der Waals surface area contributed by atoms with E-state index in [1.807, 2.05) is 38.1 Å². The smallest absolute Gasteiger partial charge is 0.234 e. The first-order chi connectivity index (χ1) is 10.9. The fraction of sp³-hybridized carbons (Fsp3) is 0.611. The maximum absolute atomic E-state index is 12.2. The molecule has 0 aromatic heterocycles. The van der Waals surface area contributed by atoms with Crippen LogP contribution >= 0.6 is 0 Å². The second-order valence-electron chi connectivity index (χ2n) is 6.67. The average Bonchev–Trinajstić information content (AvgIpc) is 2.48. The van der Waals surface area contributed by atoms with Gasteiger partial charge in [0.05, 0.1) is 12.6 Å². The Morgan fingerprint density at radius 3 is 2.87 bits per heavy atom. The van der Waals surface area contributed by atoms with E-state index in [0.29, 0.717) is 19.1 Å². The summed E-state index contributed by atoms with van der Waals surface area (Å²) in [5.41, 5.74) is 1.06. The van der Waals surface area contributed by atoms with Crippen LogP contribution in [0, 0.1) is 0 Å². The Bertz CT molecular complexity index is 519. The van der Waals surface area contributed by atoms with Crippen molar-refractivity contribution in [3.05, 3.63) is 29.8 Å². The van der Waals surface area contributed by atoms with Crippen LogP contribution in [0.3, 0.4) is 0 Å². The maximum atomic E-state index is 12.2. The third-order valence-corrected chi connectivity index (χ3v) is 4.07. The Morgan fingerprint density at radius 2 is 2.17 bits per heavy atom. The molecule has 1 aromatic rings. The van der Waals surface area contributed by atoms with E-state index in [1.54, 1.807) is 0 Å². The molecule has 0 aliphatic carbocycles. The predicted octanol–water partition coefficient (Wildman–Crippen LogP) is 1.73. The van der Waals surface area contributed by atoms with Gasteiger partial charge in [0.15, 0.2) is 0 Å². The van der Waals surface area contributed by atoms with E-state index in [9.17, 15) is 4.79 Å². The summed E-state index contributed by atoms with van der Waals surface area (Å²) in [6, 6.07) is 8.31. The zero-order chi connectivity index (χ0) is 16.8. The molecule has 1 amide bonds. The molecule has 0 radical (unpaired) electrons. The number of ether oxygens (including phenoxy) is 1. The zero-order valence-electron chi connectivity index (χ0n) is 14.7. The first-order valence-electron chi connectivity index (χ1n) is 8.39. The molecule has 1 N–H and O–H groups in total. The van der Waals surface area contributed by atoms with Crippen LogP contribution in [0.4, 0.5) is 0 Å². The number of nitrogens with one attached hydrogen (secondary N) is 1. The highest BCUT2D eigenvalue weighted by Gasteiger charge is 2.22. The van der Waals surface area contributed by atoms with E-state index >= 15 is 0 Å². The fourth-order valence-electron chi connectivity index (χ4n) is 2.85. The number of benzene rings is 1. The number of likely N-dealkylation sites (N-methyl/N-ethyl adjacent to an activating group) is 1. The van der Waals surface area contributed by atoms with Crippen LogP contribution in [0.2, 0.25) is 0 Å². The van der Waals surface area contributed by atoms with Crippen molar-refractivity contribution >= 4 is 5.91 Å². The van der Waals surface area contributed by atoms with Crippen LogP contribution in [0.25, 0.3) is 0 Å². The van der Waals surface area contributed by atoms with Gasteiger partial charge in [0.1, 0.15) is 5.75 Å². The molecule has 5 nitrogen and oxygen atoms in total. The molecular weight excluding hydrogens is 290 g/mol. The summed E-state index contributed by atoms with van der Waals surface area (Å²) in [4.78, 5) is 16.7. The Labute approximate surface area is 139 Å². The van der Waals surface area contributed by atoms with Crippen LogP contribution in [0.1, 0.15) is 26.3 Å². The molecule has 0 spiro atoms. The van der Waals surface area contributed by atoms with Gasteiger partial charge >= 0.3 is 0 Å². The summed E-state index contributed by atoms with van der Waals surface area (Å²) < 4.78 is 5.68. The second kappa shape index (κ2) is 8.31. The van der Waals surface area contributed by atoms with E-state index in [4.69, 9.17) is 4.74 Å². The maximum Gasteiger partial charge on any atom is 0.234 e. The Hall–Kier alpha value is -1.59. The predicted molar refractivity (Wildman–Crippen MR) is 92.6 cm³/mol. The Balaban J connectivity index is 1.80. The van der Waals surface area contributed by atoms with E-state index in [-0.39, 0.29) is 12.0 Å². The minimum Gasteiger partial charge on any atom is -0.491 e. The van der Waals surface area contributed by atoms with Gasteiger partial charge in [0.2, 0.25) is 5.91 Å². The number of hydrogen-bond donors (Lipinski definition) is 1. The lowest BCUT2D eigenvalue weighted by Crippen LogP contribution is -2.53. The van der Waals surface area contributed by atoms with Crippen LogP contribution in [-0.2, 0) is 11.3 Å². The molecule has 1 aliphatic heterocycles. The number of carbonyl (C=O) groups is 1. The van der Waals surface area contributed by atoms with Crippen molar-refractivity contribution in [3.63, 3.8) is 0 Å². The molecule has 1 fully saturated rings. The highest BCUT2D eigenvalue weighted by molar-refractivity contribution is 5.78. The Kier molecular flexibility index (Phi) is 6.42. The van der Waals surface area contributed by atoms with Crippen molar-refractivity contribution in [2.75, 3.05) is 33.2 Å². The number of amides is 1. The van der Waals surface area contributed by atoms with Crippen molar-refractivity contribution in [2.24, 2.45) is 0 Å². The molecule has 23 heavy (non-hydrogen) atoms. The van der Waals surface area contributed by atoms with Crippen LogP contribution in [0.5, 0.6) is 5.75 Å². The summed E-state index contributed by atoms with van der Waals surface area (Å²) in [7, 11) is 2.13. The van der Waals surface area contributed by atoms with Crippen LogP contribution in [-0.4, -0.2) is 61.1 Å². The molecule has 1 aliphatic rings. The monoisotopic (exact) mass is 319 g/mol. The molecule has 1 aromatic carbocycles. The lowest BCUT2D eigenvalue weighted by Gasteiger charge is -2.37. The number of rotatable bonds is 6. The van der Waals surface area contributed by atoms with Crippen LogP contribution in [0.15, 0.2) is 24.3 Å². The summed E-state index contributed by atoms with van der Waals surface area (Å²) in [5.74, 6) is 0.927. The van der Waals surface area contributed by atoms with Crippen molar-refractivity contribution in [1.29, 1.82) is 0 Å². The molecule has 5 heteroatoms. The molecular formula is C18H29N3O2.